The lowest BCUT2D eigenvalue weighted by atomic mass is 9.96. The Balaban J connectivity index is 0.000000256. The van der Waals surface area contributed by atoms with Gasteiger partial charge < -0.3 is 10.6 Å². The molecule has 3 heteroatoms. The van der Waals surface area contributed by atoms with E-state index in [1.54, 1.807) is 0 Å². The average Bonchev–Trinajstić information content (AvgIpc) is 3.12. The summed E-state index contributed by atoms with van der Waals surface area (Å²) in [6, 6.07) is 7.32. The highest BCUT2D eigenvalue weighted by Crippen LogP contribution is 2.32. The summed E-state index contributed by atoms with van der Waals surface area (Å²) in [4.78, 5) is 2.38. The summed E-state index contributed by atoms with van der Waals surface area (Å²) < 4.78 is 0. The molecule has 1 aromatic rings. The number of nitrogens with two attached hydrogens (primary N) is 1. The van der Waals surface area contributed by atoms with E-state index >= 15 is 0 Å². The Kier molecular flexibility index (Phi) is 4.64. The van der Waals surface area contributed by atoms with Gasteiger partial charge in [0.1, 0.15) is 0 Å². The van der Waals surface area contributed by atoms with Crippen molar-refractivity contribution in [2.24, 2.45) is 5.73 Å². The molecule has 2 unspecified atom stereocenters. The van der Waals surface area contributed by atoms with Gasteiger partial charge in [-0.15, -0.1) is 9.24 Å². The summed E-state index contributed by atoms with van der Waals surface area (Å²) in [6.07, 6.45) is 5.14. The van der Waals surface area contributed by atoms with Crippen LogP contribution in [0.3, 0.4) is 0 Å². The molecule has 0 aromatic heterocycles. The number of nitrogens with zero attached hydrogens (tertiary/aromatic N) is 1. The Morgan fingerprint density at radius 2 is 1.94 bits per heavy atom. The van der Waals surface area contributed by atoms with Crippen LogP contribution >= 0.6 is 9.24 Å². The van der Waals surface area contributed by atoms with Gasteiger partial charge in [0.15, 0.2) is 0 Å². The number of fused-ring (bicyclic) bond motifs is 1. The molecule has 1 aliphatic carbocycles. The summed E-state index contributed by atoms with van der Waals surface area (Å²) in [6.45, 7) is 3.52. The molecule has 3 rings (SSSR count). The second kappa shape index (κ2) is 6.04. The molecule has 1 fully saturated rings. The zero-order valence-corrected chi connectivity index (χ0v) is 12.7. The highest BCUT2D eigenvalue weighted by atomic mass is 31.0. The summed E-state index contributed by atoms with van der Waals surface area (Å²) in [5.41, 5.74) is 8.15. The minimum Gasteiger partial charge on any atom is -0.374 e. The van der Waals surface area contributed by atoms with Crippen LogP contribution in [0.5, 0.6) is 0 Å². The molecule has 18 heavy (non-hydrogen) atoms. The molecule has 1 aliphatic heterocycles. The molecule has 0 amide bonds. The molecule has 2 aliphatic rings. The fourth-order valence-corrected chi connectivity index (χ4v) is 2.60. The summed E-state index contributed by atoms with van der Waals surface area (Å²) in [5.74, 6) is 0.704. The van der Waals surface area contributed by atoms with Crippen LogP contribution in [0.1, 0.15) is 44.1 Å². The smallest absolute Gasteiger partial charge is 0.0399 e. The van der Waals surface area contributed by atoms with E-state index in [4.69, 9.17) is 5.73 Å². The maximum atomic E-state index is 5.22. The summed E-state index contributed by atoms with van der Waals surface area (Å²) in [5, 5.41) is 1.30. The van der Waals surface area contributed by atoms with E-state index in [0.29, 0.717) is 12.0 Å². The minimum atomic E-state index is 0.583. The predicted molar refractivity (Wildman–Crippen MR) is 83.9 cm³/mol. The van der Waals surface area contributed by atoms with E-state index in [9.17, 15) is 0 Å². The van der Waals surface area contributed by atoms with Crippen molar-refractivity contribution >= 4 is 20.2 Å². The molecular weight excluding hydrogens is 239 g/mol. The third kappa shape index (κ3) is 3.70. The van der Waals surface area contributed by atoms with Crippen LogP contribution in [0.15, 0.2) is 18.2 Å². The maximum Gasteiger partial charge on any atom is 0.0399 e. The molecule has 1 aromatic carbocycles. The molecule has 0 bridgehead atoms. The second-order valence-electron chi connectivity index (χ2n) is 5.62. The van der Waals surface area contributed by atoms with E-state index in [-0.39, 0.29) is 0 Å². The molecule has 100 valence electrons. The zero-order chi connectivity index (χ0) is 13.1. The number of benzene rings is 1. The Hall–Kier alpha value is -0.590. The first-order valence-corrected chi connectivity index (χ1v) is 7.52. The van der Waals surface area contributed by atoms with Crippen LogP contribution in [0.4, 0.5) is 5.69 Å². The highest BCUT2D eigenvalue weighted by Gasteiger charge is 2.17. The monoisotopic (exact) mass is 264 g/mol. The van der Waals surface area contributed by atoms with E-state index in [0.717, 1.165) is 0 Å². The van der Waals surface area contributed by atoms with Crippen molar-refractivity contribution in [3.05, 3.63) is 23.8 Å². The number of anilines is 1. The van der Waals surface area contributed by atoms with Gasteiger partial charge in [-0.25, -0.2) is 0 Å². The Morgan fingerprint density at radius 3 is 2.56 bits per heavy atom. The maximum absolute atomic E-state index is 5.22. The molecule has 1 heterocycles. The predicted octanol–water partition coefficient (Wildman–Crippen LogP) is 2.63. The summed E-state index contributed by atoms with van der Waals surface area (Å²) in [7, 11) is 4.98. The largest absolute Gasteiger partial charge is 0.374 e. The van der Waals surface area contributed by atoms with Crippen molar-refractivity contribution in [1.29, 1.82) is 0 Å². The molecule has 0 radical (unpaired) electrons. The van der Waals surface area contributed by atoms with Crippen molar-refractivity contribution in [1.82, 2.24) is 0 Å². The fraction of sp³-hybridized carbons (Fsp3) is 0.600. The van der Waals surface area contributed by atoms with Crippen LogP contribution in [-0.2, 0) is 0 Å². The lowest BCUT2D eigenvalue weighted by molar-refractivity contribution is 0.657. The zero-order valence-electron chi connectivity index (χ0n) is 11.5. The van der Waals surface area contributed by atoms with Gasteiger partial charge in [-0.1, -0.05) is 13.0 Å². The van der Waals surface area contributed by atoms with E-state index in [2.05, 4.69) is 46.3 Å². The van der Waals surface area contributed by atoms with Gasteiger partial charge in [-0.05, 0) is 54.6 Å². The van der Waals surface area contributed by atoms with Crippen molar-refractivity contribution in [3.63, 3.8) is 0 Å². The van der Waals surface area contributed by atoms with Gasteiger partial charge in [-0.2, -0.15) is 0 Å². The number of hydrogen-bond donors (Lipinski definition) is 1. The normalized spacial score (nSPS) is 22.7. The van der Waals surface area contributed by atoms with E-state index in [1.807, 2.05) is 0 Å². The molecule has 1 saturated carbocycles. The Labute approximate surface area is 113 Å². The second-order valence-corrected chi connectivity index (χ2v) is 6.29. The van der Waals surface area contributed by atoms with Crippen molar-refractivity contribution < 1.29 is 0 Å². The van der Waals surface area contributed by atoms with Crippen molar-refractivity contribution in [3.8, 4) is 0 Å². The highest BCUT2D eigenvalue weighted by molar-refractivity contribution is 7.27. The number of hydrogen-bond acceptors (Lipinski definition) is 2. The van der Waals surface area contributed by atoms with Crippen LogP contribution in [-0.4, -0.2) is 19.6 Å². The van der Waals surface area contributed by atoms with Gasteiger partial charge in [0.25, 0.3) is 0 Å². The fourth-order valence-electron chi connectivity index (χ4n) is 2.32. The van der Waals surface area contributed by atoms with Gasteiger partial charge in [0, 0.05) is 25.3 Å². The molecule has 2 N–H and O–H groups in total. The molecular formula is C15H25N2P. The van der Waals surface area contributed by atoms with Gasteiger partial charge in [-0.3, -0.25) is 0 Å². The quantitative estimate of drug-likeness (QED) is 0.730. The topological polar surface area (TPSA) is 29.3 Å². The number of rotatable bonds is 0. The molecule has 2 nitrogen and oxygen atoms in total. The van der Waals surface area contributed by atoms with Crippen LogP contribution in [0.25, 0.3) is 0 Å². The third-order valence-corrected chi connectivity index (χ3v) is 4.11. The van der Waals surface area contributed by atoms with Crippen LogP contribution < -0.4 is 15.9 Å². The summed E-state index contributed by atoms with van der Waals surface area (Å²) >= 11 is 0. The van der Waals surface area contributed by atoms with Crippen molar-refractivity contribution in [2.45, 2.75) is 44.6 Å². The Bertz CT molecular complexity index is 401. The minimum absolute atomic E-state index is 0.583. The van der Waals surface area contributed by atoms with E-state index < -0.39 is 0 Å². The first kappa shape index (κ1) is 13.8. The Morgan fingerprint density at radius 1 is 1.28 bits per heavy atom. The molecule has 2 atom stereocenters. The average molecular weight is 264 g/mol. The van der Waals surface area contributed by atoms with Crippen LogP contribution in [0.2, 0.25) is 0 Å². The first-order valence-electron chi connectivity index (χ1n) is 6.94. The van der Waals surface area contributed by atoms with E-state index in [1.165, 1.54) is 48.8 Å². The van der Waals surface area contributed by atoms with Crippen molar-refractivity contribution in [2.75, 3.05) is 18.5 Å². The SMILES string of the molecule is CC1CCCN(C)c2ccc(P)cc21.NC1CC1. The van der Waals surface area contributed by atoms with Crippen LogP contribution in [0, 0.1) is 0 Å². The lowest BCUT2D eigenvalue weighted by Crippen LogP contribution is -2.18. The van der Waals surface area contributed by atoms with Gasteiger partial charge >= 0.3 is 0 Å². The molecule has 0 saturated heterocycles. The lowest BCUT2D eigenvalue weighted by Gasteiger charge is -2.20. The first-order chi connectivity index (χ1) is 8.58. The van der Waals surface area contributed by atoms with Gasteiger partial charge in [0.05, 0.1) is 0 Å². The standard InChI is InChI=1S/C12H18NP.C3H7N/c1-9-4-3-7-13(2)12-6-5-10(14)8-11(9)12;4-3-1-2-3/h5-6,8-9H,3-4,7,14H2,1-2H3;3H,1-2,4H2. The van der Waals surface area contributed by atoms with Gasteiger partial charge in [0.2, 0.25) is 0 Å². The third-order valence-electron chi connectivity index (χ3n) is 3.75. The molecule has 0 spiro atoms.